The van der Waals surface area contributed by atoms with Gasteiger partial charge in [0.1, 0.15) is 24.4 Å². The molecule has 1 saturated heterocycles. The first-order valence-corrected chi connectivity index (χ1v) is 26.3. The van der Waals surface area contributed by atoms with Gasteiger partial charge in [0.25, 0.3) is 0 Å². The van der Waals surface area contributed by atoms with E-state index in [0.717, 1.165) is 89.9 Å². The van der Waals surface area contributed by atoms with Crippen molar-refractivity contribution in [3.05, 3.63) is 85.1 Å². The first-order valence-electron chi connectivity index (χ1n) is 26.3. The molecule has 6 N–H and O–H groups in total. The summed E-state index contributed by atoms with van der Waals surface area (Å²) in [6.45, 7) is 3.63. The number of unbranched alkanes of at least 4 members (excludes halogenated alkanes) is 21. The van der Waals surface area contributed by atoms with Gasteiger partial charge in [0, 0.05) is 6.42 Å². The number of carbonyl (C=O) groups excluding carboxylic acids is 1. The number of amides is 1. The molecule has 0 aliphatic carbocycles. The van der Waals surface area contributed by atoms with Crippen LogP contribution in [0.4, 0.5) is 0 Å². The molecule has 65 heavy (non-hydrogen) atoms. The number of hydrogen-bond donors (Lipinski definition) is 6. The number of ether oxygens (including phenoxy) is 2. The normalized spacial score (nSPS) is 20.6. The van der Waals surface area contributed by atoms with Crippen LogP contribution in [0.3, 0.4) is 0 Å². The summed E-state index contributed by atoms with van der Waals surface area (Å²) in [7, 11) is 0. The standard InChI is InChI=1S/C56H97NO8/c1-3-5-7-9-11-13-15-17-19-21-23-24-25-26-28-30-32-34-36-38-40-42-44-46-52(60)57-49(48-64-56-55(63)54(62)53(61)51(47-58)65-56)50(59)45-43-41-39-37-35-33-31-29-27-22-20-18-16-14-12-10-8-6-4-2/h5,7,11,13,17,19,23-24,27,29,35,37,43,45,49-51,53-56,58-59,61-63H,3-4,6,8-10,12,14-16,18,20-22,25-26,28,30-34,36,38-42,44,46-48H2,1-2H3,(H,57,60)/b7-5-,13-11-,19-17-,24-23-,29-27+,37-35+,45-43+. The summed E-state index contributed by atoms with van der Waals surface area (Å²) < 4.78 is 11.2. The molecular formula is C56H97NO8. The maximum Gasteiger partial charge on any atom is 0.220 e. The van der Waals surface area contributed by atoms with E-state index in [1.807, 2.05) is 6.08 Å². The molecule has 1 aliphatic heterocycles. The second kappa shape index (κ2) is 45.2. The molecule has 1 rings (SSSR count). The molecule has 0 spiro atoms. The van der Waals surface area contributed by atoms with Gasteiger partial charge < -0.3 is 40.3 Å². The van der Waals surface area contributed by atoms with Gasteiger partial charge in [-0.25, -0.2) is 0 Å². The SMILES string of the molecule is CC/C=C\C/C=C\C/C=C\C/C=C\CCCCCCCCCCCCC(=O)NC(COC1OC(CO)C(O)C(O)C1O)C(O)/C=C/CC/C=C/CC/C=C/CCCCCCCCCCC. The number of nitrogens with one attached hydrogen (secondary N) is 1. The van der Waals surface area contributed by atoms with Crippen LogP contribution < -0.4 is 5.32 Å². The van der Waals surface area contributed by atoms with E-state index < -0.39 is 49.5 Å². The van der Waals surface area contributed by atoms with Crippen molar-refractivity contribution in [1.29, 1.82) is 0 Å². The van der Waals surface area contributed by atoms with Gasteiger partial charge in [-0.3, -0.25) is 4.79 Å². The van der Waals surface area contributed by atoms with Crippen molar-refractivity contribution >= 4 is 5.91 Å². The van der Waals surface area contributed by atoms with Gasteiger partial charge in [0.15, 0.2) is 6.29 Å². The van der Waals surface area contributed by atoms with Crippen LogP contribution in [0, 0.1) is 0 Å². The van der Waals surface area contributed by atoms with E-state index in [9.17, 15) is 30.3 Å². The highest BCUT2D eigenvalue weighted by molar-refractivity contribution is 5.76. The van der Waals surface area contributed by atoms with Gasteiger partial charge in [-0.05, 0) is 83.5 Å². The molecule has 1 aliphatic rings. The molecule has 7 atom stereocenters. The molecule has 0 aromatic carbocycles. The van der Waals surface area contributed by atoms with Crippen molar-refractivity contribution in [2.75, 3.05) is 13.2 Å². The number of hydrogen-bond acceptors (Lipinski definition) is 8. The fourth-order valence-electron chi connectivity index (χ4n) is 7.77. The third kappa shape index (κ3) is 35.2. The molecule has 9 nitrogen and oxygen atoms in total. The lowest BCUT2D eigenvalue weighted by Crippen LogP contribution is -2.60. The van der Waals surface area contributed by atoms with Crippen LogP contribution in [0.1, 0.15) is 206 Å². The Morgan fingerprint density at radius 3 is 1.48 bits per heavy atom. The van der Waals surface area contributed by atoms with Crippen molar-refractivity contribution < 1.29 is 39.8 Å². The average Bonchev–Trinajstić information content (AvgIpc) is 3.31. The van der Waals surface area contributed by atoms with E-state index in [1.54, 1.807) is 6.08 Å². The predicted molar refractivity (Wildman–Crippen MR) is 271 cm³/mol. The summed E-state index contributed by atoms with van der Waals surface area (Å²) in [6, 6.07) is -0.835. The minimum absolute atomic E-state index is 0.199. The molecule has 0 aromatic rings. The number of aliphatic hydroxyl groups excluding tert-OH is 5. The Labute approximate surface area is 397 Å². The zero-order valence-corrected chi connectivity index (χ0v) is 41.2. The lowest BCUT2D eigenvalue weighted by molar-refractivity contribution is -0.302. The Morgan fingerprint density at radius 1 is 0.538 bits per heavy atom. The fraction of sp³-hybridized carbons (Fsp3) is 0.732. The van der Waals surface area contributed by atoms with E-state index in [-0.39, 0.29) is 12.5 Å². The maximum absolute atomic E-state index is 13.0. The first kappa shape index (κ1) is 60.4. The second-order valence-electron chi connectivity index (χ2n) is 17.9. The van der Waals surface area contributed by atoms with Crippen LogP contribution in [-0.4, -0.2) is 87.5 Å². The molecule has 1 heterocycles. The zero-order valence-electron chi connectivity index (χ0n) is 41.2. The Kier molecular flexibility index (Phi) is 42.0. The van der Waals surface area contributed by atoms with Gasteiger partial charge in [0.05, 0.1) is 25.4 Å². The highest BCUT2D eigenvalue weighted by Crippen LogP contribution is 2.22. The van der Waals surface area contributed by atoms with Gasteiger partial charge >= 0.3 is 0 Å². The summed E-state index contributed by atoms with van der Waals surface area (Å²) >= 11 is 0. The van der Waals surface area contributed by atoms with Crippen molar-refractivity contribution in [1.82, 2.24) is 5.32 Å². The Hall–Kier alpha value is -2.63. The topological polar surface area (TPSA) is 149 Å². The lowest BCUT2D eigenvalue weighted by Gasteiger charge is -2.40. The summed E-state index contributed by atoms with van der Waals surface area (Å²) in [5, 5.41) is 54.4. The van der Waals surface area contributed by atoms with Crippen molar-refractivity contribution in [2.45, 2.75) is 249 Å². The van der Waals surface area contributed by atoms with Gasteiger partial charge in [-0.1, -0.05) is 202 Å². The highest BCUT2D eigenvalue weighted by Gasteiger charge is 2.44. The van der Waals surface area contributed by atoms with Gasteiger partial charge in [-0.15, -0.1) is 0 Å². The second-order valence-corrected chi connectivity index (χ2v) is 17.9. The third-order valence-corrected chi connectivity index (χ3v) is 11.9. The Balaban J connectivity index is 2.32. The molecule has 0 bridgehead atoms. The third-order valence-electron chi connectivity index (χ3n) is 11.9. The number of aliphatic hydroxyl groups is 5. The van der Waals surface area contributed by atoms with E-state index >= 15 is 0 Å². The lowest BCUT2D eigenvalue weighted by atomic mass is 9.99. The minimum atomic E-state index is -1.58. The first-order chi connectivity index (χ1) is 31.8. The summed E-state index contributed by atoms with van der Waals surface area (Å²) in [4.78, 5) is 13.0. The average molecular weight is 912 g/mol. The monoisotopic (exact) mass is 912 g/mol. The summed E-state index contributed by atoms with van der Waals surface area (Å²) in [5.74, 6) is -0.199. The molecular weight excluding hydrogens is 815 g/mol. The fourth-order valence-corrected chi connectivity index (χ4v) is 7.77. The largest absolute Gasteiger partial charge is 0.394 e. The number of allylic oxidation sites excluding steroid dienone is 13. The van der Waals surface area contributed by atoms with Crippen LogP contribution in [0.25, 0.3) is 0 Å². The van der Waals surface area contributed by atoms with E-state index in [0.29, 0.717) is 6.42 Å². The molecule has 9 heteroatoms. The van der Waals surface area contributed by atoms with Crippen molar-refractivity contribution in [3.8, 4) is 0 Å². The van der Waals surface area contributed by atoms with E-state index in [2.05, 4.69) is 92.1 Å². The van der Waals surface area contributed by atoms with Crippen LogP contribution >= 0.6 is 0 Å². The molecule has 0 radical (unpaired) electrons. The van der Waals surface area contributed by atoms with Crippen LogP contribution in [0.15, 0.2) is 85.1 Å². The van der Waals surface area contributed by atoms with Crippen LogP contribution in [-0.2, 0) is 14.3 Å². The highest BCUT2D eigenvalue weighted by atomic mass is 16.7. The molecule has 1 fully saturated rings. The molecule has 0 aromatic heterocycles. The zero-order chi connectivity index (χ0) is 47.3. The molecule has 1 amide bonds. The van der Waals surface area contributed by atoms with Gasteiger partial charge in [-0.2, -0.15) is 0 Å². The molecule has 0 saturated carbocycles. The Bertz CT molecular complexity index is 1290. The smallest absolute Gasteiger partial charge is 0.220 e. The van der Waals surface area contributed by atoms with Crippen molar-refractivity contribution in [3.63, 3.8) is 0 Å². The maximum atomic E-state index is 13.0. The quantitative estimate of drug-likeness (QED) is 0.0262. The number of rotatable bonds is 43. The van der Waals surface area contributed by atoms with Gasteiger partial charge in [0.2, 0.25) is 5.91 Å². The van der Waals surface area contributed by atoms with E-state index in [1.165, 1.54) is 96.3 Å². The minimum Gasteiger partial charge on any atom is -0.394 e. The van der Waals surface area contributed by atoms with E-state index in [4.69, 9.17) is 9.47 Å². The van der Waals surface area contributed by atoms with Crippen LogP contribution in [0.2, 0.25) is 0 Å². The van der Waals surface area contributed by atoms with Crippen LogP contribution in [0.5, 0.6) is 0 Å². The summed E-state index contributed by atoms with van der Waals surface area (Å²) in [6.07, 6.45) is 56.3. The molecule has 7 unspecified atom stereocenters. The van der Waals surface area contributed by atoms with Crippen molar-refractivity contribution in [2.24, 2.45) is 0 Å². The molecule has 374 valence electrons. The predicted octanol–water partition coefficient (Wildman–Crippen LogP) is 12.3. The summed E-state index contributed by atoms with van der Waals surface area (Å²) in [5.41, 5.74) is 0. The Morgan fingerprint density at radius 2 is 0.969 bits per heavy atom. The number of carbonyl (C=O) groups is 1.